The predicted molar refractivity (Wildman–Crippen MR) is 112 cm³/mol. The summed E-state index contributed by atoms with van der Waals surface area (Å²) in [5.41, 5.74) is 2.49. The van der Waals surface area contributed by atoms with E-state index in [4.69, 9.17) is 4.42 Å². The van der Waals surface area contributed by atoms with E-state index < -0.39 is 10.0 Å². The molecule has 9 heteroatoms. The first-order chi connectivity index (χ1) is 14.5. The van der Waals surface area contributed by atoms with Gasteiger partial charge in [0.25, 0.3) is 15.9 Å². The lowest BCUT2D eigenvalue weighted by Gasteiger charge is -2.14. The van der Waals surface area contributed by atoms with Crippen molar-refractivity contribution in [2.45, 2.75) is 31.1 Å². The number of aromatic nitrogens is 1. The smallest absolute Gasteiger partial charge is 0.291 e. The molecule has 1 amide bonds. The van der Waals surface area contributed by atoms with Crippen molar-refractivity contribution in [2.75, 3.05) is 5.32 Å². The second-order valence-electron chi connectivity index (χ2n) is 6.86. The Bertz CT molecular complexity index is 1200. The van der Waals surface area contributed by atoms with E-state index in [1.54, 1.807) is 49.6 Å². The van der Waals surface area contributed by atoms with Crippen LogP contribution < -0.4 is 10.1 Å². The van der Waals surface area contributed by atoms with Gasteiger partial charge in [0.05, 0.1) is 10.6 Å². The third-order valence-corrected chi connectivity index (χ3v) is 6.05. The number of benzene rings is 1. The summed E-state index contributed by atoms with van der Waals surface area (Å²) in [4.78, 5) is 19.0. The molecule has 0 saturated heterocycles. The molecule has 2 N–H and O–H groups in total. The van der Waals surface area contributed by atoms with Gasteiger partial charge < -0.3 is 9.73 Å². The molecule has 8 nitrogen and oxygen atoms in total. The van der Waals surface area contributed by atoms with Crippen LogP contribution in [0.1, 0.15) is 40.3 Å². The van der Waals surface area contributed by atoms with Gasteiger partial charge in [0.15, 0.2) is 5.76 Å². The number of anilines is 1. The van der Waals surface area contributed by atoms with E-state index in [0.29, 0.717) is 41.1 Å². The van der Waals surface area contributed by atoms with E-state index in [1.165, 1.54) is 12.1 Å². The predicted octanol–water partition coefficient (Wildman–Crippen LogP) is 3.25. The van der Waals surface area contributed by atoms with Crippen LogP contribution in [-0.4, -0.2) is 25.0 Å². The Balaban J connectivity index is 1.61. The number of hydrogen-bond acceptors (Lipinski definition) is 6. The van der Waals surface area contributed by atoms with E-state index in [9.17, 15) is 13.2 Å². The number of sulfonamides is 1. The molecule has 1 aromatic carbocycles. The average Bonchev–Trinajstić information content (AvgIpc) is 3.11. The van der Waals surface area contributed by atoms with Crippen LogP contribution in [-0.2, 0) is 16.4 Å². The highest BCUT2D eigenvalue weighted by molar-refractivity contribution is 7.89. The molecule has 30 heavy (non-hydrogen) atoms. The van der Waals surface area contributed by atoms with E-state index in [0.717, 1.165) is 6.42 Å². The van der Waals surface area contributed by atoms with Gasteiger partial charge in [-0.1, -0.05) is 18.2 Å². The zero-order valence-corrected chi connectivity index (χ0v) is 17.1. The molecule has 0 bridgehead atoms. The van der Waals surface area contributed by atoms with Crippen LogP contribution in [0, 0.1) is 6.92 Å². The number of fused-ring (bicyclic) bond motifs is 1. The van der Waals surface area contributed by atoms with Crippen LogP contribution in [0.15, 0.2) is 69.3 Å². The molecule has 154 valence electrons. The topological polar surface area (TPSA) is 114 Å². The monoisotopic (exact) mass is 424 g/mol. The third-order valence-electron chi connectivity index (χ3n) is 4.82. The molecule has 1 aliphatic carbocycles. The van der Waals surface area contributed by atoms with Gasteiger partial charge in [0.2, 0.25) is 0 Å². The maximum absolute atomic E-state index is 12.7. The normalized spacial score (nSPS) is 14.9. The van der Waals surface area contributed by atoms with Gasteiger partial charge in [0.1, 0.15) is 5.76 Å². The Morgan fingerprint density at radius 1 is 1.10 bits per heavy atom. The van der Waals surface area contributed by atoms with Gasteiger partial charge in [0, 0.05) is 35.6 Å². The van der Waals surface area contributed by atoms with E-state index in [2.05, 4.69) is 20.2 Å². The van der Waals surface area contributed by atoms with Crippen molar-refractivity contribution in [1.29, 1.82) is 0 Å². The number of rotatable bonds is 5. The fraction of sp³-hybridized carbons (Fsp3) is 0.190. The SMILES string of the molecule is Cc1c(C(=O)Nc2ccncc2)oc2c1/C(=N/NS(=O)(=O)c1ccccc1)CCC2. The molecule has 3 aromatic rings. The number of nitrogens with one attached hydrogen (secondary N) is 2. The number of furan rings is 1. The average molecular weight is 424 g/mol. The quantitative estimate of drug-likeness (QED) is 0.610. The van der Waals surface area contributed by atoms with Crippen molar-refractivity contribution in [1.82, 2.24) is 9.82 Å². The van der Waals surface area contributed by atoms with Crippen LogP contribution in [0.5, 0.6) is 0 Å². The number of nitrogens with zero attached hydrogens (tertiary/aromatic N) is 2. The molecular weight excluding hydrogens is 404 g/mol. The van der Waals surface area contributed by atoms with Gasteiger partial charge in [-0.05, 0) is 44.0 Å². The summed E-state index contributed by atoms with van der Waals surface area (Å²) in [6.45, 7) is 1.77. The molecule has 0 saturated carbocycles. The van der Waals surface area contributed by atoms with Gasteiger partial charge in [-0.15, -0.1) is 0 Å². The second-order valence-corrected chi connectivity index (χ2v) is 8.53. The maximum atomic E-state index is 12.7. The van der Waals surface area contributed by atoms with Gasteiger partial charge in [-0.25, -0.2) is 0 Å². The highest BCUT2D eigenvalue weighted by atomic mass is 32.2. The van der Waals surface area contributed by atoms with Crippen molar-refractivity contribution in [3.05, 3.63) is 77.5 Å². The maximum Gasteiger partial charge on any atom is 0.291 e. The summed E-state index contributed by atoms with van der Waals surface area (Å²) in [6, 6.07) is 11.4. The standard InChI is InChI=1S/C21H20N4O4S/c1-14-19-17(24-25-30(27,28)16-6-3-2-4-7-16)8-5-9-18(19)29-20(14)21(26)23-15-10-12-22-13-11-15/h2-4,6-7,10-13,25H,5,8-9H2,1H3,(H,22,23,26)/b24-17+. The van der Waals surface area contributed by atoms with E-state index in [1.807, 2.05) is 0 Å². The zero-order valence-electron chi connectivity index (χ0n) is 16.3. The molecule has 0 atom stereocenters. The number of hydrazone groups is 1. The number of pyridine rings is 1. The first-order valence-electron chi connectivity index (χ1n) is 9.43. The Morgan fingerprint density at radius 3 is 2.57 bits per heavy atom. The lowest BCUT2D eigenvalue weighted by molar-refractivity contribution is 0.0994. The van der Waals surface area contributed by atoms with Gasteiger partial charge in [-0.3, -0.25) is 9.78 Å². The van der Waals surface area contributed by atoms with Crippen LogP contribution >= 0.6 is 0 Å². The summed E-state index contributed by atoms with van der Waals surface area (Å²) >= 11 is 0. The summed E-state index contributed by atoms with van der Waals surface area (Å²) < 4.78 is 30.8. The fourth-order valence-corrected chi connectivity index (χ4v) is 4.24. The van der Waals surface area contributed by atoms with Crippen LogP contribution in [0.4, 0.5) is 5.69 Å². The Kier molecular flexibility index (Phi) is 5.37. The molecule has 0 fully saturated rings. The van der Waals surface area contributed by atoms with Gasteiger partial charge >= 0.3 is 0 Å². The molecule has 1 aliphatic rings. The molecule has 4 rings (SSSR count). The highest BCUT2D eigenvalue weighted by Crippen LogP contribution is 2.30. The van der Waals surface area contributed by atoms with Crippen molar-refractivity contribution in [3.63, 3.8) is 0 Å². The van der Waals surface area contributed by atoms with Crippen LogP contribution in [0.2, 0.25) is 0 Å². The Morgan fingerprint density at radius 2 is 1.83 bits per heavy atom. The molecule has 0 unspecified atom stereocenters. The second kappa shape index (κ2) is 8.11. The minimum atomic E-state index is -3.78. The molecular formula is C21H20N4O4S. The van der Waals surface area contributed by atoms with Crippen LogP contribution in [0.3, 0.4) is 0 Å². The number of amides is 1. The number of aryl methyl sites for hydroxylation is 1. The number of carbonyl (C=O) groups excluding carboxylic acids is 1. The fourth-order valence-electron chi connectivity index (χ4n) is 3.39. The molecule has 2 heterocycles. The van der Waals surface area contributed by atoms with Crippen LogP contribution in [0.25, 0.3) is 0 Å². The molecule has 0 radical (unpaired) electrons. The minimum Gasteiger partial charge on any atom is -0.455 e. The van der Waals surface area contributed by atoms with E-state index >= 15 is 0 Å². The summed E-state index contributed by atoms with van der Waals surface area (Å²) in [6.07, 6.45) is 5.15. The lowest BCUT2D eigenvalue weighted by Crippen LogP contribution is -2.22. The Labute approximate surface area is 174 Å². The highest BCUT2D eigenvalue weighted by Gasteiger charge is 2.28. The third kappa shape index (κ3) is 3.97. The van der Waals surface area contributed by atoms with Crippen molar-refractivity contribution in [3.8, 4) is 0 Å². The number of hydrogen-bond donors (Lipinski definition) is 2. The minimum absolute atomic E-state index is 0.131. The molecule has 0 aliphatic heterocycles. The van der Waals surface area contributed by atoms with E-state index in [-0.39, 0.29) is 16.6 Å². The van der Waals surface area contributed by atoms with Gasteiger partial charge in [-0.2, -0.15) is 18.4 Å². The van der Waals surface area contributed by atoms with Crippen molar-refractivity contribution in [2.24, 2.45) is 5.10 Å². The first kappa shape index (κ1) is 19.8. The van der Waals surface area contributed by atoms with Crippen molar-refractivity contribution >= 4 is 27.3 Å². The Hall–Kier alpha value is -3.46. The van der Waals surface area contributed by atoms with Crippen molar-refractivity contribution < 1.29 is 17.6 Å². The summed E-state index contributed by atoms with van der Waals surface area (Å²) in [7, 11) is -3.78. The molecule has 2 aromatic heterocycles. The summed E-state index contributed by atoms with van der Waals surface area (Å²) in [5, 5.41) is 6.95. The lowest BCUT2D eigenvalue weighted by atomic mass is 9.93. The first-order valence-corrected chi connectivity index (χ1v) is 10.9. The summed E-state index contributed by atoms with van der Waals surface area (Å²) in [5.74, 6) is 0.450. The molecule has 0 spiro atoms. The zero-order chi connectivity index (χ0) is 21.1. The number of carbonyl (C=O) groups is 1. The largest absolute Gasteiger partial charge is 0.455 e.